The van der Waals surface area contributed by atoms with Gasteiger partial charge in [-0.05, 0) is 18.9 Å². The number of aromatic hydroxyl groups is 1. The molecule has 102 valence electrons. The van der Waals surface area contributed by atoms with Gasteiger partial charge in [-0.3, -0.25) is 14.9 Å². The van der Waals surface area contributed by atoms with Crippen molar-refractivity contribution in [2.45, 2.75) is 31.6 Å². The van der Waals surface area contributed by atoms with E-state index in [4.69, 9.17) is 0 Å². The molecule has 0 aromatic heterocycles. The molecule has 2 atom stereocenters. The standard InChI is InChI=1S/C14H17NO4/c16-13-7-3-1-5-10(13)12(9-15(18)19)11-6-2-4-8-14(11)17/h1,3,5,7,11-12,16H,2,4,6,8-9H2/t11-,12-/m0/s1. The molecular formula is C14H17NO4. The highest BCUT2D eigenvalue weighted by molar-refractivity contribution is 5.82. The number of nitrogens with zero attached hydrogens (tertiary/aromatic N) is 1. The average molecular weight is 263 g/mol. The first-order valence-electron chi connectivity index (χ1n) is 6.52. The normalized spacial score (nSPS) is 21.1. The molecule has 1 fully saturated rings. The highest BCUT2D eigenvalue weighted by Crippen LogP contribution is 2.37. The minimum atomic E-state index is -0.524. The maximum Gasteiger partial charge on any atom is 0.211 e. The summed E-state index contributed by atoms with van der Waals surface area (Å²) in [5.41, 5.74) is 0.513. The van der Waals surface area contributed by atoms with E-state index in [0.29, 0.717) is 18.4 Å². The molecule has 1 aromatic rings. The van der Waals surface area contributed by atoms with E-state index in [1.807, 2.05) is 0 Å². The zero-order valence-corrected chi connectivity index (χ0v) is 10.6. The van der Waals surface area contributed by atoms with Gasteiger partial charge in [-0.25, -0.2) is 0 Å². The predicted octanol–water partition coefficient (Wildman–Crippen LogP) is 2.51. The summed E-state index contributed by atoms with van der Waals surface area (Å²) in [4.78, 5) is 22.5. The number of nitro groups is 1. The molecule has 0 amide bonds. The third-order valence-electron chi connectivity index (χ3n) is 3.77. The zero-order valence-electron chi connectivity index (χ0n) is 10.6. The molecule has 0 radical (unpaired) electrons. The van der Waals surface area contributed by atoms with E-state index in [-0.39, 0.29) is 24.0 Å². The Labute approximate surface area is 111 Å². The van der Waals surface area contributed by atoms with Gasteiger partial charge in [-0.1, -0.05) is 24.6 Å². The number of carbonyl (C=O) groups excluding carboxylic acids is 1. The van der Waals surface area contributed by atoms with Crippen molar-refractivity contribution in [3.8, 4) is 5.75 Å². The molecule has 0 spiro atoms. The number of Topliss-reactive ketones (excluding diaryl/α,β-unsaturated/α-hetero) is 1. The van der Waals surface area contributed by atoms with Crippen LogP contribution < -0.4 is 0 Å². The molecule has 2 rings (SSSR count). The second-order valence-corrected chi connectivity index (χ2v) is 5.00. The fraction of sp³-hybridized carbons (Fsp3) is 0.500. The molecule has 0 heterocycles. The quantitative estimate of drug-likeness (QED) is 0.668. The van der Waals surface area contributed by atoms with Crippen LogP contribution in [0.5, 0.6) is 5.75 Å². The molecule has 0 saturated heterocycles. The molecule has 5 heteroatoms. The average Bonchev–Trinajstić information content (AvgIpc) is 2.37. The minimum absolute atomic E-state index is 0.0349. The molecular weight excluding hydrogens is 246 g/mol. The summed E-state index contributed by atoms with van der Waals surface area (Å²) in [5, 5.41) is 20.7. The van der Waals surface area contributed by atoms with E-state index in [2.05, 4.69) is 0 Å². The van der Waals surface area contributed by atoms with Gasteiger partial charge in [0.25, 0.3) is 0 Å². The lowest BCUT2D eigenvalue weighted by Crippen LogP contribution is -2.30. The van der Waals surface area contributed by atoms with Crippen molar-refractivity contribution in [2.75, 3.05) is 6.54 Å². The summed E-state index contributed by atoms with van der Waals surface area (Å²) in [6, 6.07) is 6.58. The number of ketones is 1. The van der Waals surface area contributed by atoms with Crippen LogP contribution in [-0.4, -0.2) is 22.4 Å². The van der Waals surface area contributed by atoms with Gasteiger partial charge >= 0.3 is 0 Å². The van der Waals surface area contributed by atoms with Gasteiger partial charge in [0.2, 0.25) is 6.54 Å². The lowest BCUT2D eigenvalue weighted by molar-refractivity contribution is -0.484. The van der Waals surface area contributed by atoms with E-state index in [9.17, 15) is 20.0 Å². The van der Waals surface area contributed by atoms with Gasteiger partial charge in [-0.15, -0.1) is 0 Å². The summed E-state index contributed by atoms with van der Waals surface area (Å²) < 4.78 is 0. The van der Waals surface area contributed by atoms with E-state index >= 15 is 0 Å². The number of hydrogen-bond donors (Lipinski definition) is 1. The van der Waals surface area contributed by atoms with E-state index < -0.39 is 10.8 Å². The van der Waals surface area contributed by atoms with E-state index in [1.165, 1.54) is 6.07 Å². The third-order valence-corrected chi connectivity index (χ3v) is 3.77. The Morgan fingerprint density at radius 3 is 2.74 bits per heavy atom. The van der Waals surface area contributed by atoms with Gasteiger partial charge in [0.05, 0.1) is 5.92 Å². The van der Waals surface area contributed by atoms with Crippen LogP contribution in [0.2, 0.25) is 0 Å². The highest BCUT2D eigenvalue weighted by atomic mass is 16.6. The summed E-state index contributed by atoms with van der Waals surface area (Å²) in [6.45, 7) is -0.312. The summed E-state index contributed by atoms with van der Waals surface area (Å²) >= 11 is 0. The van der Waals surface area contributed by atoms with Crippen molar-refractivity contribution < 1.29 is 14.8 Å². The third kappa shape index (κ3) is 3.10. The van der Waals surface area contributed by atoms with Crippen LogP contribution in [0.15, 0.2) is 24.3 Å². The van der Waals surface area contributed by atoms with Gasteiger partial charge in [0.1, 0.15) is 11.5 Å². The molecule has 5 nitrogen and oxygen atoms in total. The van der Waals surface area contributed by atoms with Crippen LogP contribution >= 0.6 is 0 Å². The maximum atomic E-state index is 12.0. The lowest BCUT2D eigenvalue weighted by atomic mass is 9.75. The van der Waals surface area contributed by atoms with Gasteiger partial charge in [0, 0.05) is 22.8 Å². The SMILES string of the molecule is O=C1CCCC[C@H]1[C@@H](C[N+](=O)[O-])c1ccccc1O. The first-order chi connectivity index (χ1) is 9.09. The number of para-hydroxylation sites is 1. The predicted molar refractivity (Wildman–Crippen MR) is 69.7 cm³/mol. The van der Waals surface area contributed by atoms with Crippen molar-refractivity contribution in [1.82, 2.24) is 0 Å². The number of hydrogen-bond acceptors (Lipinski definition) is 4. The van der Waals surface area contributed by atoms with Crippen LogP contribution in [-0.2, 0) is 4.79 Å². The fourth-order valence-corrected chi connectivity index (χ4v) is 2.84. The van der Waals surface area contributed by atoms with Crippen molar-refractivity contribution >= 4 is 5.78 Å². The number of carbonyl (C=O) groups is 1. The molecule has 1 aliphatic rings. The highest BCUT2D eigenvalue weighted by Gasteiger charge is 2.35. The van der Waals surface area contributed by atoms with Crippen molar-refractivity contribution in [3.05, 3.63) is 39.9 Å². The molecule has 1 aliphatic carbocycles. The molecule has 1 N–H and O–H groups in total. The van der Waals surface area contributed by atoms with Gasteiger partial charge < -0.3 is 5.11 Å². The van der Waals surface area contributed by atoms with Crippen LogP contribution in [0.3, 0.4) is 0 Å². The molecule has 19 heavy (non-hydrogen) atoms. The fourth-order valence-electron chi connectivity index (χ4n) is 2.84. The molecule has 0 unspecified atom stereocenters. The summed E-state index contributed by atoms with van der Waals surface area (Å²) in [6.07, 6.45) is 2.94. The Hall–Kier alpha value is -1.91. The lowest BCUT2D eigenvalue weighted by Gasteiger charge is -2.27. The molecule has 1 saturated carbocycles. The topological polar surface area (TPSA) is 80.4 Å². The monoisotopic (exact) mass is 263 g/mol. The first-order valence-corrected chi connectivity index (χ1v) is 6.52. The van der Waals surface area contributed by atoms with Crippen molar-refractivity contribution in [2.24, 2.45) is 5.92 Å². The second kappa shape index (κ2) is 5.82. The van der Waals surface area contributed by atoms with Crippen molar-refractivity contribution in [3.63, 3.8) is 0 Å². The van der Waals surface area contributed by atoms with Crippen LogP contribution in [0.1, 0.15) is 37.2 Å². The van der Waals surface area contributed by atoms with Crippen LogP contribution in [0, 0.1) is 16.0 Å². The van der Waals surface area contributed by atoms with Crippen molar-refractivity contribution in [1.29, 1.82) is 0 Å². The number of benzene rings is 1. The summed E-state index contributed by atoms with van der Waals surface area (Å²) in [5.74, 6) is -0.745. The Bertz CT molecular complexity index is 486. The summed E-state index contributed by atoms with van der Waals surface area (Å²) in [7, 11) is 0. The Morgan fingerprint density at radius 1 is 1.37 bits per heavy atom. The molecule has 1 aromatic carbocycles. The Balaban J connectivity index is 2.32. The zero-order chi connectivity index (χ0) is 13.8. The number of phenolic OH excluding ortho intramolecular Hbond substituents is 1. The number of rotatable bonds is 4. The smallest absolute Gasteiger partial charge is 0.211 e. The molecule has 0 aliphatic heterocycles. The van der Waals surface area contributed by atoms with E-state index in [1.54, 1.807) is 18.2 Å². The largest absolute Gasteiger partial charge is 0.508 e. The number of phenols is 1. The minimum Gasteiger partial charge on any atom is -0.508 e. The molecule has 0 bridgehead atoms. The maximum absolute atomic E-state index is 12.0. The van der Waals surface area contributed by atoms with Gasteiger partial charge in [0.15, 0.2) is 0 Å². The Kier molecular flexibility index (Phi) is 4.14. The van der Waals surface area contributed by atoms with Crippen LogP contribution in [0.25, 0.3) is 0 Å². The second-order valence-electron chi connectivity index (χ2n) is 5.00. The Morgan fingerprint density at radius 2 is 2.11 bits per heavy atom. The van der Waals surface area contributed by atoms with Crippen LogP contribution in [0.4, 0.5) is 0 Å². The first kappa shape index (κ1) is 13.5. The van der Waals surface area contributed by atoms with E-state index in [0.717, 1.165) is 12.8 Å². The van der Waals surface area contributed by atoms with Gasteiger partial charge in [-0.2, -0.15) is 0 Å².